The Morgan fingerprint density at radius 3 is 2.57 bits per heavy atom. The van der Waals surface area contributed by atoms with Gasteiger partial charge in [-0.15, -0.1) is 11.3 Å². The first-order valence-corrected chi connectivity index (χ1v) is 10.6. The van der Waals surface area contributed by atoms with Crippen molar-refractivity contribution in [3.63, 3.8) is 0 Å². The van der Waals surface area contributed by atoms with Crippen molar-refractivity contribution in [1.29, 1.82) is 5.26 Å². The maximum Gasteiger partial charge on any atom is 0.186 e. The van der Waals surface area contributed by atoms with E-state index in [1.54, 1.807) is 29.5 Å². The molecule has 0 spiro atoms. The van der Waals surface area contributed by atoms with E-state index in [9.17, 15) is 14.8 Å². The van der Waals surface area contributed by atoms with Gasteiger partial charge in [-0.05, 0) is 36.2 Å². The maximum atomic E-state index is 13.7. The predicted molar refractivity (Wildman–Crippen MR) is 116 cm³/mol. The number of thiazole rings is 1. The molecule has 3 atom stereocenters. The smallest absolute Gasteiger partial charge is 0.186 e. The zero-order valence-corrected chi connectivity index (χ0v) is 17.2. The van der Waals surface area contributed by atoms with Crippen molar-refractivity contribution in [2.45, 2.75) is 31.3 Å². The number of aliphatic hydroxyl groups is 1. The highest BCUT2D eigenvalue weighted by atomic mass is 32.1. The minimum Gasteiger partial charge on any atom is -0.394 e. The van der Waals surface area contributed by atoms with E-state index < -0.39 is 0 Å². The van der Waals surface area contributed by atoms with Gasteiger partial charge < -0.3 is 10.0 Å². The number of halogens is 1. The van der Waals surface area contributed by atoms with Gasteiger partial charge in [0.1, 0.15) is 11.9 Å². The minimum atomic E-state index is -0.381. The van der Waals surface area contributed by atoms with Crippen LogP contribution < -0.4 is 4.90 Å². The summed E-state index contributed by atoms with van der Waals surface area (Å²) in [5.41, 5.74) is 2.09. The third-order valence-electron chi connectivity index (χ3n) is 5.35. The summed E-state index contributed by atoms with van der Waals surface area (Å²) in [6.07, 6.45) is 2.73. The lowest BCUT2D eigenvalue weighted by Crippen LogP contribution is -2.63. The highest BCUT2D eigenvalue weighted by Gasteiger charge is 2.50. The van der Waals surface area contributed by atoms with Gasteiger partial charge >= 0.3 is 0 Å². The Morgan fingerprint density at radius 2 is 1.93 bits per heavy atom. The van der Waals surface area contributed by atoms with Crippen LogP contribution in [-0.2, 0) is 6.42 Å². The Labute approximate surface area is 179 Å². The van der Waals surface area contributed by atoms with Crippen molar-refractivity contribution >= 4 is 16.5 Å². The van der Waals surface area contributed by atoms with Gasteiger partial charge in [-0.1, -0.05) is 43.0 Å². The van der Waals surface area contributed by atoms with Gasteiger partial charge in [0.2, 0.25) is 0 Å². The summed E-state index contributed by atoms with van der Waals surface area (Å²) in [6.45, 7) is 2.01. The van der Waals surface area contributed by atoms with Gasteiger partial charge in [0.05, 0.1) is 24.3 Å². The molecule has 30 heavy (non-hydrogen) atoms. The summed E-state index contributed by atoms with van der Waals surface area (Å²) in [6, 6.07) is 15.8. The van der Waals surface area contributed by atoms with Crippen LogP contribution in [0.25, 0.3) is 0 Å². The van der Waals surface area contributed by atoms with Crippen LogP contribution in [0.2, 0.25) is 0 Å². The Hall–Kier alpha value is -3.19. The summed E-state index contributed by atoms with van der Waals surface area (Å²) in [7, 11) is 0. The maximum absolute atomic E-state index is 13.7. The fourth-order valence-corrected chi connectivity index (χ4v) is 4.69. The van der Waals surface area contributed by atoms with Crippen molar-refractivity contribution in [1.82, 2.24) is 4.98 Å². The molecule has 6 heteroatoms. The van der Waals surface area contributed by atoms with Crippen molar-refractivity contribution in [3.05, 3.63) is 82.1 Å². The first kappa shape index (κ1) is 20.1. The second-order valence-corrected chi connectivity index (χ2v) is 8.17. The van der Waals surface area contributed by atoms with E-state index in [1.807, 2.05) is 35.4 Å². The first-order valence-electron chi connectivity index (χ1n) is 9.76. The molecule has 1 saturated heterocycles. The topological polar surface area (TPSA) is 60.2 Å². The highest BCUT2D eigenvalue weighted by molar-refractivity contribution is 7.15. The number of aryl methyl sites for hydroxylation is 1. The first-order chi connectivity index (χ1) is 14.7. The molecule has 0 bridgehead atoms. The Balaban J connectivity index is 1.55. The normalized spacial score (nSPS) is 20.1. The van der Waals surface area contributed by atoms with Crippen LogP contribution in [0.3, 0.4) is 0 Å². The van der Waals surface area contributed by atoms with Crippen LogP contribution in [0.1, 0.15) is 34.4 Å². The second-order valence-electron chi connectivity index (χ2n) is 7.07. The molecule has 1 N–H and O–H groups in total. The van der Waals surface area contributed by atoms with Crippen molar-refractivity contribution in [2.24, 2.45) is 0 Å². The van der Waals surface area contributed by atoms with E-state index in [-0.39, 0.29) is 30.4 Å². The van der Waals surface area contributed by atoms with Crippen LogP contribution in [0, 0.1) is 29.0 Å². The summed E-state index contributed by atoms with van der Waals surface area (Å²) < 4.78 is 13.7. The van der Waals surface area contributed by atoms with Gasteiger partial charge in [-0.25, -0.2) is 9.37 Å². The van der Waals surface area contributed by atoms with E-state index in [4.69, 9.17) is 0 Å². The fraction of sp³-hybridized carbons (Fsp3) is 0.250. The minimum absolute atomic E-state index is 0.0568. The Bertz CT molecular complexity index is 1140. The molecule has 0 saturated carbocycles. The molecule has 3 aromatic rings. The highest BCUT2D eigenvalue weighted by Crippen LogP contribution is 2.44. The van der Waals surface area contributed by atoms with Gasteiger partial charge in [0.15, 0.2) is 5.13 Å². The summed E-state index contributed by atoms with van der Waals surface area (Å²) in [5, 5.41) is 20.5. The van der Waals surface area contributed by atoms with Gasteiger partial charge in [-0.3, -0.25) is 0 Å². The molecule has 1 aromatic heterocycles. The number of nitrogens with zero attached hydrogens (tertiary/aromatic N) is 3. The Kier molecular flexibility index (Phi) is 5.81. The molecule has 2 heterocycles. The zero-order chi connectivity index (χ0) is 21.1. The molecule has 0 amide bonds. The second kappa shape index (κ2) is 8.67. The van der Waals surface area contributed by atoms with Crippen LogP contribution in [0.5, 0.6) is 0 Å². The Morgan fingerprint density at radius 1 is 1.17 bits per heavy atom. The predicted octanol–water partition coefficient (Wildman–Crippen LogP) is 4.10. The molecule has 1 fully saturated rings. The van der Waals surface area contributed by atoms with Gasteiger partial charge in [0.25, 0.3) is 0 Å². The van der Waals surface area contributed by atoms with Gasteiger partial charge in [0, 0.05) is 22.6 Å². The molecule has 1 aliphatic heterocycles. The monoisotopic (exact) mass is 417 g/mol. The summed E-state index contributed by atoms with van der Waals surface area (Å²) in [5.74, 6) is 5.38. The summed E-state index contributed by atoms with van der Waals surface area (Å²) >= 11 is 1.56. The van der Waals surface area contributed by atoms with Crippen molar-refractivity contribution in [3.8, 4) is 17.9 Å². The average molecular weight is 418 g/mol. The van der Waals surface area contributed by atoms with Crippen molar-refractivity contribution in [2.75, 3.05) is 11.5 Å². The molecular formula is C24H20FN3OS. The van der Waals surface area contributed by atoms with E-state index in [2.05, 4.69) is 29.8 Å². The lowest BCUT2D eigenvalue weighted by atomic mass is 9.76. The van der Waals surface area contributed by atoms with E-state index in [1.165, 1.54) is 6.07 Å². The largest absolute Gasteiger partial charge is 0.394 e. The lowest BCUT2D eigenvalue weighted by molar-refractivity contribution is 0.187. The molecular weight excluding hydrogens is 397 g/mol. The van der Waals surface area contributed by atoms with E-state index >= 15 is 0 Å². The molecule has 4 nitrogen and oxygen atoms in total. The third kappa shape index (κ3) is 3.68. The molecule has 0 radical (unpaired) electrons. The van der Waals surface area contributed by atoms with Crippen LogP contribution in [0.4, 0.5) is 9.52 Å². The number of hydrogen-bond acceptors (Lipinski definition) is 5. The number of rotatable bonds is 4. The number of benzene rings is 2. The SMILES string of the molecule is CCc1cnc(N2[C@H](C#N)[C@@H](c3ccc(C#Cc4ccccc4F)cc3)[C@@H]2CO)s1. The standard InChI is InChI=1S/C24H20FN3OS/c1-2-19-14-27-24(30-19)28-21(13-26)23(22(28)15-29)18-11-8-16(9-12-18)7-10-17-5-3-4-6-20(17)25/h3-6,8-9,11-12,14,21-23,29H,2,15H2,1H3/t21-,22+,23-/m1/s1. The molecule has 2 aromatic carbocycles. The quantitative estimate of drug-likeness (QED) is 0.650. The third-order valence-corrected chi connectivity index (χ3v) is 6.51. The zero-order valence-electron chi connectivity index (χ0n) is 16.4. The number of aliphatic hydroxyl groups excluding tert-OH is 1. The summed E-state index contributed by atoms with van der Waals surface area (Å²) in [4.78, 5) is 7.51. The van der Waals surface area contributed by atoms with Crippen LogP contribution in [-0.4, -0.2) is 28.8 Å². The number of aromatic nitrogens is 1. The van der Waals surface area contributed by atoms with E-state index in [0.29, 0.717) is 5.56 Å². The number of anilines is 1. The molecule has 4 rings (SSSR count). The molecule has 150 valence electrons. The lowest BCUT2D eigenvalue weighted by Gasteiger charge is -2.51. The molecule has 0 aliphatic carbocycles. The molecule has 1 aliphatic rings. The van der Waals surface area contributed by atoms with Crippen LogP contribution >= 0.6 is 11.3 Å². The van der Waals surface area contributed by atoms with E-state index in [0.717, 1.165) is 27.6 Å². The fourth-order valence-electron chi connectivity index (χ4n) is 3.74. The van der Waals surface area contributed by atoms with Crippen LogP contribution in [0.15, 0.2) is 54.7 Å². The molecule has 0 unspecified atom stereocenters. The van der Waals surface area contributed by atoms with Crippen molar-refractivity contribution < 1.29 is 9.50 Å². The number of nitriles is 1. The number of hydrogen-bond donors (Lipinski definition) is 1. The van der Waals surface area contributed by atoms with Gasteiger partial charge in [-0.2, -0.15) is 5.26 Å². The average Bonchev–Trinajstić information content (AvgIpc) is 3.22.